The average molecular weight is 415 g/mol. The maximum atomic E-state index is 11.7. The summed E-state index contributed by atoms with van der Waals surface area (Å²) >= 11 is 0. The number of methoxy groups -OCH3 is 1. The van der Waals surface area contributed by atoms with Crippen molar-refractivity contribution in [3.8, 4) is 5.75 Å². The molecule has 0 radical (unpaired) electrons. The van der Waals surface area contributed by atoms with E-state index in [9.17, 15) is 4.79 Å². The summed E-state index contributed by atoms with van der Waals surface area (Å²) < 4.78 is 5.70. The van der Waals surface area contributed by atoms with Crippen LogP contribution in [-0.4, -0.2) is 57.1 Å². The molecule has 1 aromatic rings. The Balaban J connectivity index is 1.72. The minimum Gasteiger partial charge on any atom is -0.496 e. The Hall–Kier alpha value is -2.24. The number of carbonyl (C=O) groups excluding carboxylic acids is 1. The number of nitrogens with zero attached hydrogens (tertiary/aromatic N) is 2. The van der Waals surface area contributed by atoms with Crippen LogP contribution in [0.2, 0.25) is 0 Å². The fourth-order valence-corrected chi connectivity index (χ4v) is 5.01. The van der Waals surface area contributed by atoms with Crippen LogP contribution in [0.1, 0.15) is 57.4 Å². The first kappa shape index (κ1) is 22.4. The maximum absolute atomic E-state index is 11.7. The number of piperidine rings is 1. The molecule has 1 amide bonds. The van der Waals surface area contributed by atoms with Gasteiger partial charge in [0, 0.05) is 44.1 Å². The second kappa shape index (κ2) is 10.7. The summed E-state index contributed by atoms with van der Waals surface area (Å²) in [6.07, 6.45) is 7.51. The van der Waals surface area contributed by atoms with Crippen molar-refractivity contribution in [1.82, 2.24) is 15.5 Å². The fraction of sp³-hybridized carbons (Fsp3) is 0.667. The molecular weight excluding hydrogens is 376 g/mol. The molecule has 2 aliphatic rings. The van der Waals surface area contributed by atoms with Gasteiger partial charge in [-0.2, -0.15) is 0 Å². The van der Waals surface area contributed by atoms with Gasteiger partial charge in [0.15, 0.2) is 5.96 Å². The van der Waals surface area contributed by atoms with Gasteiger partial charge in [0.1, 0.15) is 5.75 Å². The van der Waals surface area contributed by atoms with Gasteiger partial charge in [-0.05, 0) is 44.6 Å². The van der Waals surface area contributed by atoms with Gasteiger partial charge in [-0.15, -0.1) is 0 Å². The molecule has 1 saturated heterocycles. The first-order valence-electron chi connectivity index (χ1n) is 11.5. The van der Waals surface area contributed by atoms with Crippen molar-refractivity contribution in [2.24, 2.45) is 10.9 Å². The van der Waals surface area contributed by atoms with Gasteiger partial charge >= 0.3 is 0 Å². The van der Waals surface area contributed by atoms with Crippen LogP contribution in [0.4, 0.5) is 0 Å². The van der Waals surface area contributed by atoms with Crippen molar-refractivity contribution in [3.05, 3.63) is 29.8 Å². The monoisotopic (exact) mass is 414 g/mol. The van der Waals surface area contributed by atoms with Crippen LogP contribution in [0, 0.1) is 5.92 Å². The predicted molar refractivity (Wildman–Crippen MR) is 122 cm³/mol. The number of aliphatic imine (C=N–C) groups is 1. The number of guanidine groups is 1. The Morgan fingerprint density at radius 3 is 2.57 bits per heavy atom. The molecule has 1 saturated carbocycles. The number of carbonyl (C=O) groups is 1. The van der Waals surface area contributed by atoms with Crippen LogP contribution in [0.25, 0.3) is 0 Å². The molecule has 2 N–H and O–H groups in total. The largest absolute Gasteiger partial charge is 0.496 e. The third-order valence-corrected chi connectivity index (χ3v) is 6.77. The van der Waals surface area contributed by atoms with Crippen molar-refractivity contribution in [2.75, 3.05) is 40.3 Å². The molecule has 1 aromatic carbocycles. The van der Waals surface area contributed by atoms with Gasteiger partial charge in [-0.25, -0.2) is 0 Å². The number of ether oxygens (including phenoxy) is 1. The zero-order valence-electron chi connectivity index (χ0n) is 18.9. The van der Waals surface area contributed by atoms with Crippen molar-refractivity contribution in [3.63, 3.8) is 0 Å². The van der Waals surface area contributed by atoms with Gasteiger partial charge in [0.2, 0.25) is 5.91 Å². The first-order chi connectivity index (χ1) is 14.6. The van der Waals surface area contributed by atoms with E-state index in [0.717, 1.165) is 63.6 Å². The summed E-state index contributed by atoms with van der Waals surface area (Å²) in [5.41, 5.74) is 1.36. The number of para-hydroxylation sites is 1. The molecule has 3 rings (SSSR count). The van der Waals surface area contributed by atoms with E-state index in [4.69, 9.17) is 9.73 Å². The van der Waals surface area contributed by atoms with E-state index in [1.54, 1.807) is 14.2 Å². The lowest BCUT2D eigenvalue weighted by Crippen LogP contribution is -2.46. The summed E-state index contributed by atoms with van der Waals surface area (Å²) in [4.78, 5) is 19.2. The van der Waals surface area contributed by atoms with Crippen molar-refractivity contribution in [2.45, 2.75) is 57.3 Å². The van der Waals surface area contributed by atoms with Gasteiger partial charge in [0.25, 0.3) is 0 Å². The first-order valence-corrected chi connectivity index (χ1v) is 11.5. The second-order valence-electron chi connectivity index (χ2n) is 8.67. The zero-order valence-corrected chi connectivity index (χ0v) is 18.9. The van der Waals surface area contributed by atoms with E-state index in [1.165, 1.54) is 18.4 Å². The molecule has 0 unspecified atom stereocenters. The lowest BCUT2D eigenvalue weighted by Gasteiger charge is -2.35. The lowest BCUT2D eigenvalue weighted by atomic mass is 9.78. The lowest BCUT2D eigenvalue weighted by molar-refractivity contribution is -0.121. The summed E-state index contributed by atoms with van der Waals surface area (Å²) in [6, 6.07) is 8.45. The van der Waals surface area contributed by atoms with Crippen molar-refractivity contribution in [1.29, 1.82) is 0 Å². The number of hydrogen-bond acceptors (Lipinski definition) is 3. The third-order valence-electron chi connectivity index (χ3n) is 6.77. The van der Waals surface area contributed by atoms with E-state index >= 15 is 0 Å². The molecule has 166 valence electrons. The van der Waals surface area contributed by atoms with E-state index in [-0.39, 0.29) is 11.3 Å². The van der Waals surface area contributed by atoms with Gasteiger partial charge in [0.05, 0.1) is 13.7 Å². The van der Waals surface area contributed by atoms with Crippen LogP contribution >= 0.6 is 0 Å². The smallest absolute Gasteiger partial charge is 0.220 e. The third kappa shape index (κ3) is 5.27. The highest BCUT2D eigenvalue weighted by molar-refractivity contribution is 5.80. The van der Waals surface area contributed by atoms with Gasteiger partial charge < -0.3 is 20.3 Å². The topological polar surface area (TPSA) is 66.0 Å². The summed E-state index contributed by atoms with van der Waals surface area (Å²) in [6.45, 7) is 5.68. The molecule has 0 spiro atoms. The number of rotatable bonds is 7. The summed E-state index contributed by atoms with van der Waals surface area (Å²) in [5.74, 6) is 2.61. The number of nitrogens with one attached hydrogen (secondary N) is 2. The summed E-state index contributed by atoms with van der Waals surface area (Å²) in [7, 11) is 3.48. The Kier molecular flexibility index (Phi) is 8.00. The SMILES string of the molecule is CCNC(=NCC1(c2ccccc2OC)CCCC1)N1CCC(CC(=O)NC)CC1. The standard InChI is InChI=1S/C24H38N4O2/c1-4-26-23(28-15-11-19(12-16-28)17-22(29)25-2)27-18-24(13-7-8-14-24)20-9-5-6-10-21(20)30-3/h5-6,9-10,19H,4,7-8,11-18H2,1-3H3,(H,25,29)(H,26,27). The van der Waals surface area contributed by atoms with E-state index in [0.29, 0.717) is 12.3 Å². The molecule has 6 heteroatoms. The molecule has 1 heterocycles. The maximum Gasteiger partial charge on any atom is 0.220 e. The molecule has 30 heavy (non-hydrogen) atoms. The van der Waals surface area contributed by atoms with Crippen LogP contribution in [0.3, 0.4) is 0 Å². The van der Waals surface area contributed by atoms with E-state index < -0.39 is 0 Å². The second-order valence-corrected chi connectivity index (χ2v) is 8.67. The molecule has 2 fully saturated rings. The van der Waals surface area contributed by atoms with Gasteiger partial charge in [-0.1, -0.05) is 31.0 Å². The minimum atomic E-state index is 0.0603. The molecule has 1 aliphatic carbocycles. The average Bonchev–Trinajstić information content (AvgIpc) is 3.27. The molecule has 0 aromatic heterocycles. The summed E-state index contributed by atoms with van der Waals surface area (Å²) in [5, 5.41) is 6.25. The van der Waals surface area contributed by atoms with E-state index in [2.05, 4.69) is 40.7 Å². The Bertz CT molecular complexity index is 720. The molecule has 1 aliphatic heterocycles. The highest BCUT2D eigenvalue weighted by atomic mass is 16.5. The van der Waals surface area contributed by atoms with Crippen LogP contribution < -0.4 is 15.4 Å². The van der Waals surface area contributed by atoms with Crippen molar-refractivity contribution < 1.29 is 9.53 Å². The fourth-order valence-electron chi connectivity index (χ4n) is 5.01. The number of hydrogen-bond donors (Lipinski definition) is 2. The predicted octanol–water partition coefficient (Wildman–Crippen LogP) is 3.32. The zero-order chi connectivity index (χ0) is 21.4. The van der Waals surface area contributed by atoms with Crippen LogP contribution in [-0.2, 0) is 10.2 Å². The highest BCUT2D eigenvalue weighted by Gasteiger charge is 2.38. The quantitative estimate of drug-likeness (QED) is 0.531. The van der Waals surface area contributed by atoms with Crippen LogP contribution in [0.15, 0.2) is 29.3 Å². The van der Waals surface area contributed by atoms with Crippen molar-refractivity contribution >= 4 is 11.9 Å². The molecular formula is C24H38N4O2. The van der Waals surface area contributed by atoms with Gasteiger partial charge in [-0.3, -0.25) is 9.79 Å². The molecule has 0 bridgehead atoms. The highest BCUT2D eigenvalue weighted by Crippen LogP contribution is 2.45. The Morgan fingerprint density at radius 2 is 1.93 bits per heavy atom. The Morgan fingerprint density at radius 1 is 1.23 bits per heavy atom. The molecule has 0 atom stereocenters. The molecule has 6 nitrogen and oxygen atoms in total. The number of benzene rings is 1. The van der Waals surface area contributed by atoms with E-state index in [1.807, 2.05) is 6.07 Å². The Labute approximate surface area is 181 Å². The van der Waals surface area contributed by atoms with Crippen LogP contribution in [0.5, 0.6) is 5.75 Å². The number of amides is 1. The number of likely N-dealkylation sites (tertiary alicyclic amines) is 1. The minimum absolute atomic E-state index is 0.0603. The normalized spacial score (nSPS) is 19.6.